The molecule has 0 saturated carbocycles. The van der Waals surface area contributed by atoms with Crippen LogP contribution in [0.2, 0.25) is 0 Å². The van der Waals surface area contributed by atoms with Crippen molar-refractivity contribution < 1.29 is 18.7 Å². The van der Waals surface area contributed by atoms with Gasteiger partial charge in [0.05, 0.1) is 18.7 Å². The van der Waals surface area contributed by atoms with Crippen LogP contribution in [0.5, 0.6) is 5.75 Å². The Balaban J connectivity index is 1.52. The number of methoxy groups -OCH3 is 1. The van der Waals surface area contributed by atoms with E-state index in [-0.39, 0.29) is 12.3 Å². The molecule has 1 saturated heterocycles. The van der Waals surface area contributed by atoms with Gasteiger partial charge >= 0.3 is 0 Å². The van der Waals surface area contributed by atoms with Crippen LogP contribution in [0.1, 0.15) is 12.0 Å². The average Bonchev–Trinajstić information content (AvgIpc) is 3.03. The number of nitrogens with zero attached hydrogens (tertiary/aromatic N) is 2. The summed E-state index contributed by atoms with van der Waals surface area (Å²) in [5.41, 5.74) is 2.91. The molecular formula is C25H27FN4O3. The number of aromatic nitrogens is 1. The number of ether oxygens (including phenoxy) is 2. The molecule has 2 heterocycles. The fraction of sp³-hybridized carbons (Fsp3) is 0.360. The van der Waals surface area contributed by atoms with Crippen molar-refractivity contribution >= 4 is 16.8 Å². The second kappa shape index (κ2) is 10.0. The van der Waals surface area contributed by atoms with E-state index in [1.165, 1.54) is 6.07 Å². The number of amides is 1. The van der Waals surface area contributed by atoms with E-state index in [9.17, 15) is 10.1 Å². The van der Waals surface area contributed by atoms with Gasteiger partial charge in [0, 0.05) is 38.2 Å². The minimum atomic E-state index is -0.855. The van der Waals surface area contributed by atoms with E-state index < -0.39 is 18.0 Å². The molecule has 1 fully saturated rings. The molecule has 1 unspecified atom stereocenters. The first-order chi connectivity index (χ1) is 16.0. The van der Waals surface area contributed by atoms with E-state index in [0.717, 1.165) is 40.7 Å². The van der Waals surface area contributed by atoms with Gasteiger partial charge in [-0.05, 0) is 53.9 Å². The van der Waals surface area contributed by atoms with Gasteiger partial charge in [0.25, 0.3) is 5.91 Å². The van der Waals surface area contributed by atoms with Crippen LogP contribution in [0.4, 0.5) is 4.39 Å². The molecule has 0 radical (unpaired) electrons. The Labute approximate surface area is 192 Å². The smallest absolute Gasteiger partial charge is 0.251 e. The summed E-state index contributed by atoms with van der Waals surface area (Å²) in [4.78, 5) is 12.5. The molecule has 172 valence electrons. The highest BCUT2D eigenvalue weighted by molar-refractivity contribution is 5.98. The third-order valence-electron chi connectivity index (χ3n) is 5.92. The summed E-state index contributed by atoms with van der Waals surface area (Å²) in [6.45, 7) is 1.66. The number of halogens is 1. The number of benzene rings is 2. The Morgan fingerprint density at radius 3 is 3.00 bits per heavy atom. The Bertz CT molecular complexity index is 1190. The molecule has 33 heavy (non-hydrogen) atoms. The number of hydrogen-bond donors (Lipinski definition) is 2. The van der Waals surface area contributed by atoms with Gasteiger partial charge in [-0.15, -0.1) is 0 Å². The lowest BCUT2D eigenvalue weighted by molar-refractivity contribution is -0.132. The van der Waals surface area contributed by atoms with Gasteiger partial charge < -0.3 is 24.7 Å². The van der Waals surface area contributed by atoms with Gasteiger partial charge in [-0.25, -0.2) is 4.39 Å². The molecule has 1 aromatic heterocycles. The van der Waals surface area contributed by atoms with Gasteiger partial charge in [0.1, 0.15) is 23.7 Å². The molecule has 7 nitrogen and oxygen atoms in total. The summed E-state index contributed by atoms with van der Waals surface area (Å²) in [6, 6.07) is 11.9. The molecular weight excluding hydrogens is 423 g/mol. The third-order valence-corrected chi connectivity index (χ3v) is 5.92. The minimum absolute atomic E-state index is 0.0673. The summed E-state index contributed by atoms with van der Waals surface area (Å²) in [7, 11) is 3.56. The Morgan fingerprint density at radius 2 is 2.24 bits per heavy atom. The maximum absolute atomic E-state index is 15.0. The zero-order chi connectivity index (χ0) is 23.4. The normalized spacial score (nSPS) is 17.2. The molecule has 1 aliphatic rings. The van der Waals surface area contributed by atoms with Crippen LogP contribution in [-0.4, -0.2) is 49.4 Å². The minimum Gasteiger partial charge on any atom is -0.495 e. The number of aryl methyl sites for hydroxylation is 1. The summed E-state index contributed by atoms with van der Waals surface area (Å²) >= 11 is 0. The van der Waals surface area contributed by atoms with Crippen molar-refractivity contribution in [2.24, 2.45) is 7.05 Å². The summed E-state index contributed by atoms with van der Waals surface area (Å²) in [5, 5.41) is 16.3. The Morgan fingerprint density at radius 1 is 1.39 bits per heavy atom. The van der Waals surface area contributed by atoms with Crippen molar-refractivity contribution in [1.82, 2.24) is 15.2 Å². The average molecular weight is 451 g/mol. The van der Waals surface area contributed by atoms with E-state index in [4.69, 9.17) is 9.47 Å². The van der Waals surface area contributed by atoms with Crippen LogP contribution >= 0.6 is 0 Å². The number of rotatable bonds is 6. The number of carbonyl (C=O) groups excluding carboxylic acids is 1. The van der Waals surface area contributed by atoms with Crippen molar-refractivity contribution in [2.45, 2.75) is 25.0 Å². The molecule has 2 aromatic carbocycles. The SMILES string of the molecule is COc1ccc(-c2ccc(CC(C#N)NC(=O)[C@@H]3CNCCCO3)c(F)c2)c2ccn(C)c12. The Hall–Kier alpha value is -3.41. The molecule has 1 aliphatic heterocycles. The molecule has 8 heteroatoms. The van der Waals surface area contributed by atoms with E-state index in [1.807, 2.05) is 42.1 Å². The van der Waals surface area contributed by atoms with Crippen LogP contribution in [-0.2, 0) is 23.0 Å². The van der Waals surface area contributed by atoms with Crippen molar-refractivity contribution in [2.75, 3.05) is 26.8 Å². The highest BCUT2D eigenvalue weighted by Crippen LogP contribution is 2.35. The lowest BCUT2D eigenvalue weighted by Gasteiger charge is -2.18. The predicted octanol–water partition coefficient (Wildman–Crippen LogP) is 2.92. The Kier molecular flexibility index (Phi) is 6.92. The van der Waals surface area contributed by atoms with Gasteiger partial charge in [0.15, 0.2) is 0 Å². The summed E-state index contributed by atoms with van der Waals surface area (Å²) < 4.78 is 28.0. The molecule has 0 aliphatic carbocycles. The van der Waals surface area contributed by atoms with Crippen LogP contribution in [0, 0.1) is 17.1 Å². The largest absolute Gasteiger partial charge is 0.495 e. The number of nitriles is 1. The fourth-order valence-electron chi connectivity index (χ4n) is 4.18. The molecule has 2 N–H and O–H groups in total. The maximum Gasteiger partial charge on any atom is 0.251 e. The number of hydrogen-bond acceptors (Lipinski definition) is 5. The highest BCUT2D eigenvalue weighted by atomic mass is 19.1. The summed E-state index contributed by atoms with van der Waals surface area (Å²) in [5.74, 6) is -0.0363. The van der Waals surface area contributed by atoms with E-state index in [0.29, 0.717) is 18.7 Å². The quantitative estimate of drug-likeness (QED) is 0.603. The first-order valence-corrected chi connectivity index (χ1v) is 10.9. The zero-order valence-electron chi connectivity index (χ0n) is 18.7. The standard InChI is InChI=1S/C25H27FN4O3/c1-30-10-8-20-19(6-7-22(32-2)24(20)30)16-4-5-17(21(26)13-16)12-18(14-27)29-25(31)23-15-28-9-3-11-33-23/h4-8,10,13,18,23,28H,3,9,11-12,15H2,1-2H3,(H,29,31)/t18?,23-/m0/s1. The second-order valence-electron chi connectivity index (χ2n) is 8.12. The van der Waals surface area contributed by atoms with Crippen LogP contribution < -0.4 is 15.4 Å². The lowest BCUT2D eigenvalue weighted by atomic mass is 9.97. The fourth-order valence-corrected chi connectivity index (χ4v) is 4.18. The zero-order valence-corrected chi connectivity index (χ0v) is 18.7. The topological polar surface area (TPSA) is 88.3 Å². The van der Waals surface area contributed by atoms with Gasteiger partial charge in [-0.2, -0.15) is 5.26 Å². The van der Waals surface area contributed by atoms with Crippen molar-refractivity contribution in [3.8, 4) is 22.9 Å². The van der Waals surface area contributed by atoms with Crippen LogP contribution in [0.25, 0.3) is 22.0 Å². The monoisotopic (exact) mass is 450 g/mol. The number of carbonyl (C=O) groups is 1. The summed E-state index contributed by atoms with van der Waals surface area (Å²) in [6.07, 6.45) is 2.18. The molecule has 0 spiro atoms. The highest BCUT2D eigenvalue weighted by Gasteiger charge is 2.24. The van der Waals surface area contributed by atoms with Gasteiger partial charge in [0.2, 0.25) is 0 Å². The van der Waals surface area contributed by atoms with Crippen molar-refractivity contribution in [3.05, 3.63) is 54.0 Å². The van der Waals surface area contributed by atoms with Crippen molar-refractivity contribution in [3.63, 3.8) is 0 Å². The van der Waals surface area contributed by atoms with E-state index >= 15 is 4.39 Å². The number of fused-ring (bicyclic) bond motifs is 1. The first-order valence-electron chi connectivity index (χ1n) is 10.9. The van der Waals surface area contributed by atoms with Crippen LogP contribution in [0.15, 0.2) is 42.6 Å². The third kappa shape index (κ3) is 4.85. The van der Waals surface area contributed by atoms with Gasteiger partial charge in [-0.3, -0.25) is 4.79 Å². The maximum atomic E-state index is 15.0. The molecule has 4 rings (SSSR count). The lowest BCUT2D eigenvalue weighted by Crippen LogP contribution is -2.46. The molecule has 0 bridgehead atoms. The van der Waals surface area contributed by atoms with Gasteiger partial charge in [-0.1, -0.05) is 12.1 Å². The second-order valence-corrected chi connectivity index (χ2v) is 8.12. The van der Waals surface area contributed by atoms with Crippen LogP contribution in [0.3, 0.4) is 0 Å². The van der Waals surface area contributed by atoms with Crippen molar-refractivity contribution in [1.29, 1.82) is 5.26 Å². The molecule has 3 aromatic rings. The molecule has 1 amide bonds. The van der Waals surface area contributed by atoms with E-state index in [2.05, 4.69) is 16.7 Å². The first kappa shape index (κ1) is 22.8. The molecule has 2 atom stereocenters. The number of nitrogens with one attached hydrogen (secondary N) is 2. The van der Waals surface area contributed by atoms with E-state index in [1.54, 1.807) is 13.2 Å². The predicted molar refractivity (Wildman–Crippen MR) is 123 cm³/mol.